The Labute approximate surface area is 210 Å². The molecule has 1 aromatic heterocycles. The van der Waals surface area contributed by atoms with E-state index in [9.17, 15) is 0 Å². The third-order valence-electron chi connectivity index (χ3n) is 5.80. The zero-order chi connectivity index (χ0) is 23.9. The van der Waals surface area contributed by atoms with E-state index in [2.05, 4.69) is 29.6 Å². The van der Waals surface area contributed by atoms with Gasteiger partial charge in [-0.05, 0) is 66.8 Å². The van der Waals surface area contributed by atoms with E-state index in [1.165, 1.54) is 5.56 Å². The zero-order valence-corrected chi connectivity index (χ0v) is 20.4. The maximum atomic E-state index is 6.48. The topological polar surface area (TPSA) is 77.0 Å². The molecule has 4 nitrogen and oxygen atoms in total. The van der Waals surface area contributed by atoms with Crippen LogP contribution in [0.25, 0.3) is 11.1 Å². The van der Waals surface area contributed by atoms with E-state index in [0.717, 1.165) is 48.2 Å². The molecule has 0 aliphatic rings. The molecule has 4 aromatic rings. The number of anilines is 3. The van der Waals surface area contributed by atoms with Crippen LogP contribution in [0.1, 0.15) is 36.6 Å². The molecule has 174 valence electrons. The van der Waals surface area contributed by atoms with Gasteiger partial charge in [0.1, 0.15) is 5.82 Å². The lowest BCUT2D eigenvalue weighted by Gasteiger charge is -2.24. The molecule has 4 rings (SSSR count). The van der Waals surface area contributed by atoms with Crippen molar-refractivity contribution in [3.05, 3.63) is 106 Å². The molecule has 0 saturated carbocycles. The van der Waals surface area contributed by atoms with Crippen LogP contribution in [0.5, 0.6) is 0 Å². The minimum atomic E-state index is -0.0894. The number of pyridine rings is 1. The number of nitrogens with zero attached hydrogens (tertiary/aromatic N) is 1. The van der Waals surface area contributed by atoms with Gasteiger partial charge < -0.3 is 16.8 Å². The number of benzene rings is 3. The van der Waals surface area contributed by atoms with Crippen LogP contribution in [0.2, 0.25) is 10.0 Å². The number of hydrogen-bond donors (Lipinski definition) is 3. The Morgan fingerprint density at radius 1 is 0.794 bits per heavy atom. The fraction of sp³-hybridized carbons (Fsp3) is 0.179. The van der Waals surface area contributed by atoms with E-state index in [1.54, 1.807) is 6.07 Å². The third-order valence-corrected chi connectivity index (χ3v) is 6.30. The molecule has 1 unspecified atom stereocenters. The highest BCUT2D eigenvalue weighted by Gasteiger charge is 2.21. The molecule has 1 heterocycles. The average Bonchev–Trinajstić information content (AvgIpc) is 2.83. The van der Waals surface area contributed by atoms with Crippen molar-refractivity contribution in [1.29, 1.82) is 0 Å². The van der Waals surface area contributed by atoms with Crippen molar-refractivity contribution in [2.45, 2.75) is 31.7 Å². The lowest BCUT2D eigenvalue weighted by Crippen LogP contribution is -2.16. The van der Waals surface area contributed by atoms with Crippen molar-refractivity contribution in [2.24, 2.45) is 0 Å². The van der Waals surface area contributed by atoms with Gasteiger partial charge >= 0.3 is 0 Å². The van der Waals surface area contributed by atoms with Crippen LogP contribution in [0.3, 0.4) is 0 Å². The molecular formula is C28H28Cl2N4. The maximum Gasteiger partial charge on any atom is 0.125 e. The quantitative estimate of drug-likeness (QED) is 0.209. The van der Waals surface area contributed by atoms with Crippen molar-refractivity contribution < 1.29 is 0 Å². The molecule has 0 radical (unpaired) electrons. The molecule has 0 amide bonds. The van der Waals surface area contributed by atoms with Gasteiger partial charge in [-0.3, -0.25) is 0 Å². The molecule has 0 saturated heterocycles. The van der Waals surface area contributed by atoms with E-state index in [4.69, 9.17) is 39.7 Å². The molecule has 6 heteroatoms. The number of nitrogens with one attached hydrogen (secondary N) is 1. The summed E-state index contributed by atoms with van der Waals surface area (Å²) in [6.07, 6.45) is 3.98. The number of aromatic nitrogens is 1. The molecule has 0 aliphatic heterocycles. The number of nitrogens with two attached hydrogens (primary N) is 2. The fourth-order valence-electron chi connectivity index (χ4n) is 4.14. The molecule has 0 fully saturated rings. The van der Waals surface area contributed by atoms with Crippen LogP contribution in [-0.2, 0) is 6.42 Å². The first kappa shape index (κ1) is 23.9. The van der Waals surface area contributed by atoms with E-state index >= 15 is 0 Å². The van der Waals surface area contributed by atoms with Crippen LogP contribution >= 0.6 is 23.2 Å². The zero-order valence-electron chi connectivity index (χ0n) is 18.8. The fourth-order valence-corrected chi connectivity index (χ4v) is 4.39. The first-order valence-electron chi connectivity index (χ1n) is 11.4. The Balaban J connectivity index is 1.64. The minimum Gasteiger partial charge on any atom is -0.398 e. The smallest absolute Gasteiger partial charge is 0.125 e. The highest BCUT2D eigenvalue weighted by molar-refractivity contribution is 6.30. The van der Waals surface area contributed by atoms with Gasteiger partial charge in [0.15, 0.2) is 0 Å². The molecule has 3 aromatic carbocycles. The second-order valence-corrected chi connectivity index (χ2v) is 9.21. The van der Waals surface area contributed by atoms with Gasteiger partial charge in [0.25, 0.3) is 0 Å². The first-order chi connectivity index (χ1) is 16.5. The summed E-state index contributed by atoms with van der Waals surface area (Å²) in [6, 6.07) is 27.5. The summed E-state index contributed by atoms with van der Waals surface area (Å²) < 4.78 is 0. The highest BCUT2D eigenvalue weighted by Crippen LogP contribution is 2.37. The van der Waals surface area contributed by atoms with E-state index in [-0.39, 0.29) is 6.04 Å². The summed E-state index contributed by atoms with van der Waals surface area (Å²) in [5.41, 5.74) is 18.2. The maximum absolute atomic E-state index is 6.48. The van der Waals surface area contributed by atoms with Gasteiger partial charge in [-0.2, -0.15) is 0 Å². The molecule has 1 atom stereocenters. The number of rotatable bonds is 9. The molecule has 0 spiro atoms. The van der Waals surface area contributed by atoms with Gasteiger partial charge in [-0.25, -0.2) is 4.98 Å². The summed E-state index contributed by atoms with van der Waals surface area (Å²) in [7, 11) is 0. The van der Waals surface area contributed by atoms with Gasteiger partial charge in [0.2, 0.25) is 0 Å². The lowest BCUT2D eigenvalue weighted by atomic mass is 9.94. The SMILES string of the molecule is Nc1cc(N)c(-c2ccc(Cl)cc2)c(C(CCCCc2ccccc2)Nc2ccc(Cl)cc2)n1. The van der Waals surface area contributed by atoms with Crippen LogP contribution < -0.4 is 16.8 Å². The Kier molecular flexibility index (Phi) is 7.94. The molecule has 34 heavy (non-hydrogen) atoms. The summed E-state index contributed by atoms with van der Waals surface area (Å²) in [4.78, 5) is 4.76. The number of aryl methyl sites for hydroxylation is 1. The third kappa shape index (κ3) is 6.22. The highest BCUT2D eigenvalue weighted by atomic mass is 35.5. The standard InChI is InChI=1S/C28H28Cl2N4/c29-21-12-10-20(11-13-21)27-24(31)18-26(32)34-28(27)25(33-23-16-14-22(30)15-17-23)9-5-4-8-19-6-2-1-3-7-19/h1-3,6-7,10-18,25,33H,4-5,8-9H2,(H4,31,32,34). The predicted octanol–water partition coefficient (Wildman–Crippen LogP) is 7.79. The van der Waals surface area contributed by atoms with Crippen molar-refractivity contribution >= 4 is 40.4 Å². The predicted molar refractivity (Wildman–Crippen MR) is 145 cm³/mol. The summed E-state index contributed by atoms with van der Waals surface area (Å²) in [5, 5.41) is 5.00. The van der Waals surface area contributed by atoms with E-state index < -0.39 is 0 Å². The average molecular weight is 491 g/mol. The molecule has 0 bridgehead atoms. The lowest BCUT2D eigenvalue weighted by molar-refractivity contribution is 0.604. The monoisotopic (exact) mass is 490 g/mol. The van der Waals surface area contributed by atoms with Gasteiger partial charge in [-0.1, -0.05) is 72.1 Å². The number of unbranched alkanes of at least 4 members (excludes halogenated alkanes) is 1. The summed E-state index contributed by atoms with van der Waals surface area (Å²) in [6.45, 7) is 0. The van der Waals surface area contributed by atoms with Gasteiger partial charge in [0, 0.05) is 33.0 Å². The second kappa shape index (κ2) is 11.3. The summed E-state index contributed by atoms with van der Waals surface area (Å²) in [5.74, 6) is 0.400. The van der Waals surface area contributed by atoms with Crippen LogP contribution in [-0.4, -0.2) is 4.98 Å². The number of nitrogen functional groups attached to an aromatic ring is 2. The molecule has 0 aliphatic carbocycles. The molecular weight excluding hydrogens is 463 g/mol. The van der Waals surface area contributed by atoms with Crippen LogP contribution in [0.4, 0.5) is 17.2 Å². The van der Waals surface area contributed by atoms with Crippen molar-refractivity contribution in [2.75, 3.05) is 16.8 Å². The largest absolute Gasteiger partial charge is 0.398 e. The minimum absolute atomic E-state index is 0.0894. The van der Waals surface area contributed by atoms with Crippen LogP contribution in [0, 0.1) is 0 Å². The van der Waals surface area contributed by atoms with Crippen molar-refractivity contribution in [3.8, 4) is 11.1 Å². The number of hydrogen-bond acceptors (Lipinski definition) is 4. The Hall–Kier alpha value is -3.21. The van der Waals surface area contributed by atoms with Crippen LogP contribution in [0.15, 0.2) is 84.9 Å². The summed E-state index contributed by atoms with van der Waals surface area (Å²) >= 11 is 12.2. The Bertz CT molecular complexity index is 1210. The first-order valence-corrected chi connectivity index (χ1v) is 12.1. The van der Waals surface area contributed by atoms with E-state index in [1.807, 2.05) is 54.6 Å². The van der Waals surface area contributed by atoms with Crippen molar-refractivity contribution in [3.63, 3.8) is 0 Å². The number of halogens is 2. The second-order valence-electron chi connectivity index (χ2n) is 8.34. The molecule has 5 N–H and O–H groups in total. The Morgan fingerprint density at radius 3 is 2.12 bits per heavy atom. The van der Waals surface area contributed by atoms with Gasteiger partial charge in [0.05, 0.1) is 11.7 Å². The van der Waals surface area contributed by atoms with Crippen molar-refractivity contribution in [1.82, 2.24) is 4.98 Å². The van der Waals surface area contributed by atoms with Gasteiger partial charge in [-0.15, -0.1) is 0 Å². The Morgan fingerprint density at radius 2 is 1.44 bits per heavy atom. The van der Waals surface area contributed by atoms with E-state index in [0.29, 0.717) is 21.6 Å². The normalized spacial score (nSPS) is 11.8.